The Morgan fingerprint density at radius 3 is 2.48 bits per heavy atom. The van der Waals surface area contributed by atoms with Gasteiger partial charge in [-0.2, -0.15) is 0 Å². The van der Waals surface area contributed by atoms with Gasteiger partial charge in [-0.05, 0) is 11.5 Å². The van der Waals surface area contributed by atoms with Gasteiger partial charge in [0.25, 0.3) is 11.6 Å². The Labute approximate surface area is 122 Å². The maximum absolute atomic E-state index is 11.6. The number of carbonyl (C=O) groups excluding carboxylic acids is 2. The maximum atomic E-state index is 11.6. The molecule has 114 valence electrons. The van der Waals surface area contributed by atoms with Crippen LogP contribution in [-0.2, 0) is 14.3 Å². The number of ether oxygens (including phenoxy) is 1. The number of nitrogens with zero attached hydrogens (tertiary/aromatic N) is 1. The zero-order valence-corrected chi connectivity index (χ0v) is 12.2. The molecule has 1 aromatic carbocycles. The first-order valence-electron chi connectivity index (χ1n) is 6.38. The Morgan fingerprint density at radius 1 is 1.29 bits per heavy atom. The van der Waals surface area contributed by atoms with E-state index in [9.17, 15) is 19.7 Å². The van der Waals surface area contributed by atoms with E-state index >= 15 is 0 Å². The molecule has 0 heterocycles. The lowest BCUT2D eigenvalue weighted by Crippen LogP contribution is -2.23. The average molecular weight is 294 g/mol. The van der Waals surface area contributed by atoms with Gasteiger partial charge >= 0.3 is 5.97 Å². The molecule has 0 aliphatic heterocycles. The van der Waals surface area contributed by atoms with Gasteiger partial charge in [-0.1, -0.05) is 32.9 Å². The molecule has 1 rings (SSSR count). The van der Waals surface area contributed by atoms with Crippen molar-refractivity contribution in [1.82, 2.24) is 0 Å². The van der Waals surface area contributed by atoms with Crippen molar-refractivity contribution in [2.24, 2.45) is 5.41 Å². The summed E-state index contributed by atoms with van der Waals surface area (Å²) in [4.78, 5) is 33.3. The minimum Gasteiger partial charge on any atom is -0.456 e. The molecule has 1 amide bonds. The van der Waals surface area contributed by atoms with Crippen molar-refractivity contribution in [2.75, 3.05) is 11.9 Å². The van der Waals surface area contributed by atoms with E-state index in [0.717, 1.165) is 0 Å². The molecule has 0 saturated carbocycles. The first-order chi connectivity index (χ1) is 9.69. The number of rotatable bonds is 5. The topological polar surface area (TPSA) is 98.5 Å². The van der Waals surface area contributed by atoms with Crippen LogP contribution in [0.15, 0.2) is 24.3 Å². The lowest BCUT2D eigenvalue weighted by atomic mass is 9.92. The summed E-state index contributed by atoms with van der Waals surface area (Å²) in [5, 5.41) is 13.1. The van der Waals surface area contributed by atoms with E-state index in [2.05, 4.69) is 5.32 Å². The van der Waals surface area contributed by atoms with Gasteiger partial charge in [0.15, 0.2) is 6.61 Å². The number of nitrogens with one attached hydrogen (secondary N) is 1. The predicted octanol–water partition coefficient (Wildman–Crippen LogP) is 2.51. The van der Waals surface area contributed by atoms with Crippen LogP contribution in [0.4, 0.5) is 11.4 Å². The van der Waals surface area contributed by atoms with Crippen LogP contribution in [0.3, 0.4) is 0 Å². The highest BCUT2D eigenvalue weighted by Gasteiger charge is 2.19. The molecule has 1 aromatic rings. The normalized spacial score (nSPS) is 10.8. The van der Waals surface area contributed by atoms with E-state index in [1.807, 2.05) is 20.8 Å². The molecule has 21 heavy (non-hydrogen) atoms. The predicted molar refractivity (Wildman–Crippen MR) is 76.8 cm³/mol. The first-order valence-corrected chi connectivity index (χ1v) is 6.38. The van der Waals surface area contributed by atoms with Crippen LogP contribution in [0.1, 0.15) is 27.2 Å². The molecule has 0 saturated heterocycles. The highest BCUT2D eigenvalue weighted by Crippen LogP contribution is 2.23. The average Bonchev–Trinajstić information content (AvgIpc) is 2.35. The minimum atomic E-state index is -0.619. The van der Waals surface area contributed by atoms with Gasteiger partial charge in [0.1, 0.15) is 5.69 Å². The Kier molecular flexibility index (Phi) is 5.40. The minimum absolute atomic E-state index is 0.0689. The molecule has 0 radical (unpaired) electrons. The highest BCUT2D eigenvalue weighted by molar-refractivity contribution is 5.94. The van der Waals surface area contributed by atoms with E-state index in [1.54, 1.807) is 6.07 Å². The van der Waals surface area contributed by atoms with Crippen LogP contribution in [0, 0.1) is 15.5 Å². The molecule has 0 atom stereocenters. The lowest BCUT2D eigenvalue weighted by molar-refractivity contribution is -0.383. The number of nitro benzene ring substituents is 1. The molecular weight excluding hydrogens is 276 g/mol. The number of amides is 1. The molecule has 0 fully saturated rings. The zero-order valence-electron chi connectivity index (χ0n) is 12.2. The van der Waals surface area contributed by atoms with Crippen LogP contribution in [0.2, 0.25) is 0 Å². The fourth-order valence-electron chi connectivity index (χ4n) is 1.55. The Morgan fingerprint density at radius 2 is 1.90 bits per heavy atom. The molecule has 0 aliphatic carbocycles. The van der Waals surface area contributed by atoms with Gasteiger partial charge in [0.2, 0.25) is 0 Å². The van der Waals surface area contributed by atoms with E-state index in [-0.39, 0.29) is 23.2 Å². The summed E-state index contributed by atoms with van der Waals surface area (Å²) < 4.78 is 4.83. The summed E-state index contributed by atoms with van der Waals surface area (Å²) in [5.41, 5.74) is -0.377. The van der Waals surface area contributed by atoms with Gasteiger partial charge in [-0.25, -0.2) is 0 Å². The van der Waals surface area contributed by atoms with E-state index in [0.29, 0.717) is 0 Å². The summed E-state index contributed by atoms with van der Waals surface area (Å²) in [6.07, 6.45) is 0.186. The number of hydrogen-bond acceptors (Lipinski definition) is 5. The Bertz CT molecular complexity index is 549. The van der Waals surface area contributed by atoms with Crippen molar-refractivity contribution in [3.8, 4) is 0 Å². The number of nitro groups is 1. The van der Waals surface area contributed by atoms with Crippen molar-refractivity contribution in [1.29, 1.82) is 0 Å². The molecule has 0 spiro atoms. The van der Waals surface area contributed by atoms with Crippen LogP contribution in [-0.4, -0.2) is 23.4 Å². The van der Waals surface area contributed by atoms with E-state index < -0.39 is 23.4 Å². The van der Waals surface area contributed by atoms with Crippen molar-refractivity contribution in [3.63, 3.8) is 0 Å². The van der Waals surface area contributed by atoms with Crippen molar-refractivity contribution in [2.45, 2.75) is 27.2 Å². The first kappa shape index (κ1) is 16.6. The van der Waals surface area contributed by atoms with Gasteiger partial charge in [-0.15, -0.1) is 0 Å². The second-order valence-electron chi connectivity index (χ2n) is 5.72. The standard InChI is InChI=1S/C14H18N2O5/c1-14(2,3)8-13(18)21-9-12(17)15-10-6-4-5-7-11(10)16(19)20/h4-7H,8-9H2,1-3H3,(H,15,17). The Hall–Kier alpha value is -2.44. The fraction of sp³-hybridized carbons (Fsp3) is 0.429. The summed E-state index contributed by atoms with van der Waals surface area (Å²) in [6.45, 7) is 5.16. The van der Waals surface area contributed by atoms with Crippen LogP contribution in [0.25, 0.3) is 0 Å². The second kappa shape index (κ2) is 6.83. The molecule has 1 N–H and O–H groups in total. The third-order valence-corrected chi connectivity index (χ3v) is 2.41. The molecule has 0 unspecified atom stereocenters. The molecule has 0 aromatic heterocycles. The van der Waals surface area contributed by atoms with Crippen molar-refractivity contribution in [3.05, 3.63) is 34.4 Å². The summed E-state index contributed by atoms with van der Waals surface area (Å²) in [7, 11) is 0. The van der Waals surface area contributed by atoms with E-state index in [1.165, 1.54) is 18.2 Å². The number of esters is 1. The van der Waals surface area contributed by atoms with Crippen LogP contribution in [0.5, 0.6) is 0 Å². The highest BCUT2D eigenvalue weighted by atomic mass is 16.6. The Balaban J connectivity index is 2.55. The van der Waals surface area contributed by atoms with Gasteiger partial charge in [0, 0.05) is 6.07 Å². The molecule has 0 bridgehead atoms. The SMILES string of the molecule is CC(C)(C)CC(=O)OCC(=O)Nc1ccccc1[N+](=O)[O-]. The van der Waals surface area contributed by atoms with Gasteiger partial charge < -0.3 is 10.1 Å². The fourth-order valence-corrected chi connectivity index (χ4v) is 1.55. The smallest absolute Gasteiger partial charge is 0.306 e. The second-order valence-corrected chi connectivity index (χ2v) is 5.72. The largest absolute Gasteiger partial charge is 0.456 e. The molecule has 7 nitrogen and oxygen atoms in total. The van der Waals surface area contributed by atoms with Crippen molar-refractivity contribution >= 4 is 23.3 Å². The van der Waals surface area contributed by atoms with E-state index in [4.69, 9.17) is 4.74 Å². The number of anilines is 1. The zero-order chi connectivity index (χ0) is 16.0. The number of carbonyl (C=O) groups is 2. The third kappa shape index (κ3) is 6.03. The number of benzene rings is 1. The quantitative estimate of drug-likeness (QED) is 0.511. The molecular formula is C14H18N2O5. The summed E-state index contributed by atoms with van der Waals surface area (Å²) >= 11 is 0. The van der Waals surface area contributed by atoms with Gasteiger partial charge in [0.05, 0.1) is 11.3 Å². The van der Waals surface area contributed by atoms with Crippen molar-refractivity contribution < 1.29 is 19.2 Å². The van der Waals surface area contributed by atoms with Crippen LogP contribution < -0.4 is 5.32 Å². The number of para-hydroxylation sites is 2. The van der Waals surface area contributed by atoms with Gasteiger partial charge in [-0.3, -0.25) is 19.7 Å². The molecule has 7 heteroatoms. The third-order valence-electron chi connectivity index (χ3n) is 2.41. The van der Waals surface area contributed by atoms with Crippen LogP contribution >= 0.6 is 0 Å². The molecule has 0 aliphatic rings. The maximum Gasteiger partial charge on any atom is 0.306 e. The lowest BCUT2D eigenvalue weighted by Gasteiger charge is -2.16. The summed E-state index contributed by atoms with van der Waals surface area (Å²) in [5.74, 6) is -1.10. The monoisotopic (exact) mass is 294 g/mol. The summed E-state index contributed by atoms with van der Waals surface area (Å²) in [6, 6.07) is 5.75. The number of hydrogen-bond donors (Lipinski definition) is 1.